The predicted molar refractivity (Wildman–Crippen MR) is 114 cm³/mol. The average molecular weight is 489 g/mol. The number of amides is 2. The third kappa shape index (κ3) is 4.41. The Balaban J connectivity index is 1.19. The highest BCUT2D eigenvalue weighted by Crippen LogP contribution is 2.65. The summed E-state index contributed by atoms with van der Waals surface area (Å²) >= 11 is 10.4. The fourth-order valence-corrected chi connectivity index (χ4v) is 8.63. The molecule has 4 saturated carbocycles. The van der Waals surface area contributed by atoms with Gasteiger partial charge >= 0.3 is 5.97 Å². The average Bonchev–Trinajstić information content (AvgIpc) is 2.89. The van der Waals surface area contributed by atoms with Crippen molar-refractivity contribution < 1.29 is 19.1 Å². The minimum Gasteiger partial charge on any atom is -0.456 e. The van der Waals surface area contributed by atoms with Gasteiger partial charge in [-0.15, -0.1) is 0 Å². The Morgan fingerprint density at radius 1 is 1.29 bits per heavy atom. The summed E-state index contributed by atoms with van der Waals surface area (Å²) in [4.78, 5) is 37.5. The van der Waals surface area contributed by atoms with Crippen LogP contribution < -0.4 is 5.32 Å². The fourth-order valence-electron chi connectivity index (χ4n) is 6.00. The molecule has 9 heteroatoms. The van der Waals surface area contributed by atoms with Crippen LogP contribution in [-0.2, 0) is 19.1 Å². The molecule has 1 N–H and O–H groups in total. The summed E-state index contributed by atoms with van der Waals surface area (Å²) in [7, 11) is 0. The van der Waals surface area contributed by atoms with Gasteiger partial charge in [-0.05, 0) is 55.8 Å². The molecule has 4 bridgehead atoms. The maximum absolute atomic E-state index is 12.4. The summed E-state index contributed by atoms with van der Waals surface area (Å²) in [5.41, 5.74) is 0.0462. The fraction of sp³-hybridized carbons (Fsp3) is 0.789. The number of carbonyl (C=O) groups excluding carboxylic acids is 3. The van der Waals surface area contributed by atoms with Gasteiger partial charge in [0.15, 0.2) is 6.61 Å². The van der Waals surface area contributed by atoms with Crippen LogP contribution in [0.4, 0.5) is 0 Å². The van der Waals surface area contributed by atoms with Crippen molar-refractivity contribution in [2.24, 2.45) is 17.3 Å². The van der Waals surface area contributed by atoms with Crippen LogP contribution in [0.25, 0.3) is 0 Å². The molecule has 0 aromatic carbocycles. The lowest BCUT2D eigenvalue weighted by atomic mass is 9.49. The number of thioether (sulfide) groups is 1. The second-order valence-corrected chi connectivity index (χ2v) is 12.2. The lowest BCUT2D eigenvalue weighted by molar-refractivity contribution is -0.154. The van der Waals surface area contributed by atoms with E-state index < -0.39 is 0 Å². The summed E-state index contributed by atoms with van der Waals surface area (Å²) in [5.74, 6) is 1.14. The topological polar surface area (TPSA) is 75.7 Å². The zero-order valence-electron chi connectivity index (χ0n) is 15.7. The molecule has 6 nitrogen and oxygen atoms in total. The van der Waals surface area contributed by atoms with Crippen molar-refractivity contribution >= 4 is 62.0 Å². The summed E-state index contributed by atoms with van der Waals surface area (Å²) in [6, 6.07) is 0. The Hall–Kier alpha value is -0.670. The van der Waals surface area contributed by atoms with Crippen molar-refractivity contribution in [1.29, 1.82) is 0 Å². The van der Waals surface area contributed by atoms with Gasteiger partial charge < -0.3 is 10.1 Å². The largest absolute Gasteiger partial charge is 0.456 e. The molecule has 1 heterocycles. The third-order valence-electron chi connectivity index (χ3n) is 6.49. The van der Waals surface area contributed by atoms with Gasteiger partial charge in [0, 0.05) is 17.4 Å². The van der Waals surface area contributed by atoms with E-state index in [9.17, 15) is 14.4 Å². The molecule has 1 aliphatic heterocycles. The van der Waals surface area contributed by atoms with Crippen molar-refractivity contribution in [2.45, 2.75) is 49.3 Å². The van der Waals surface area contributed by atoms with E-state index in [0.29, 0.717) is 41.4 Å². The second-order valence-electron chi connectivity index (χ2n) is 8.90. The van der Waals surface area contributed by atoms with Crippen molar-refractivity contribution in [3.05, 3.63) is 0 Å². The predicted octanol–water partition coefficient (Wildman–Crippen LogP) is 2.63. The van der Waals surface area contributed by atoms with E-state index >= 15 is 0 Å². The minimum atomic E-state index is -0.346. The van der Waals surface area contributed by atoms with E-state index in [0.717, 1.165) is 19.3 Å². The maximum Gasteiger partial charge on any atom is 0.306 e. The highest BCUT2D eigenvalue weighted by molar-refractivity contribution is 9.10. The van der Waals surface area contributed by atoms with Crippen molar-refractivity contribution in [2.75, 3.05) is 25.4 Å². The minimum absolute atomic E-state index is 0.0317. The number of hydrogen-bond acceptors (Lipinski definition) is 6. The van der Waals surface area contributed by atoms with Crippen LogP contribution in [0, 0.1) is 17.3 Å². The second kappa shape index (κ2) is 7.87. The lowest BCUT2D eigenvalue weighted by Crippen LogP contribution is -2.53. The number of ether oxygens (including phenoxy) is 1. The maximum atomic E-state index is 12.4. The standard InChI is InChI=1S/C19H25BrN2O4S2/c20-19-6-12-3-13(7-19)5-18(4-12,11-19)8-16(25)26-9-14(23)21-1-2-22-15(24)10-28-17(22)27/h12-13H,1-11H2,(H,21,23)/t12-,13-,18?,19?/m1/s1. The number of hydrogen-bond donors (Lipinski definition) is 1. The zero-order chi connectivity index (χ0) is 19.9. The first-order chi connectivity index (χ1) is 13.3. The summed E-state index contributed by atoms with van der Waals surface area (Å²) in [5, 5.41) is 2.69. The van der Waals surface area contributed by atoms with Crippen molar-refractivity contribution in [1.82, 2.24) is 10.2 Å². The molecule has 0 aromatic rings. The number of esters is 1. The first-order valence-corrected chi connectivity index (χ1v) is 12.0. The number of halogens is 1. The number of nitrogens with one attached hydrogen (secondary N) is 1. The first kappa shape index (κ1) is 20.6. The Labute approximate surface area is 183 Å². The molecule has 5 rings (SSSR count). The van der Waals surface area contributed by atoms with E-state index in [1.54, 1.807) is 0 Å². The van der Waals surface area contributed by atoms with Crippen LogP contribution in [0.5, 0.6) is 0 Å². The SMILES string of the molecule is O=C(COC(=O)CC12C[C@H]3C[C@@H](CC(Br)(C3)C1)C2)NCCN1C(=O)CSC1=S. The highest BCUT2D eigenvalue weighted by Gasteiger charge is 2.57. The van der Waals surface area contributed by atoms with Gasteiger partial charge in [0.25, 0.3) is 5.91 Å². The van der Waals surface area contributed by atoms with Gasteiger partial charge in [-0.25, -0.2) is 0 Å². The summed E-state index contributed by atoms with van der Waals surface area (Å²) < 4.78 is 6.02. The number of thiocarbonyl (C=S) groups is 1. The molecular weight excluding hydrogens is 464 g/mol. The molecule has 154 valence electrons. The molecular formula is C19H25BrN2O4S2. The molecule has 28 heavy (non-hydrogen) atoms. The number of rotatable bonds is 7. The Bertz CT molecular complexity index is 686. The molecule has 0 radical (unpaired) electrons. The Morgan fingerprint density at radius 2 is 2.00 bits per heavy atom. The molecule has 1 saturated heterocycles. The van der Waals surface area contributed by atoms with Crippen LogP contribution >= 0.6 is 39.9 Å². The molecule has 0 unspecified atom stereocenters. The smallest absolute Gasteiger partial charge is 0.306 e. The molecule has 2 atom stereocenters. The number of nitrogens with zero attached hydrogens (tertiary/aromatic N) is 1. The first-order valence-electron chi connectivity index (χ1n) is 9.84. The summed E-state index contributed by atoms with van der Waals surface area (Å²) in [6.45, 7) is 0.375. The van der Waals surface area contributed by atoms with E-state index in [1.807, 2.05) is 0 Å². The van der Waals surface area contributed by atoms with Gasteiger partial charge in [-0.1, -0.05) is 39.9 Å². The van der Waals surface area contributed by atoms with Crippen LogP contribution in [0.1, 0.15) is 44.9 Å². The van der Waals surface area contributed by atoms with Gasteiger partial charge in [-0.3, -0.25) is 19.3 Å². The number of carbonyl (C=O) groups is 3. The zero-order valence-corrected chi connectivity index (χ0v) is 18.9. The van der Waals surface area contributed by atoms with Gasteiger partial charge in [0.1, 0.15) is 4.32 Å². The van der Waals surface area contributed by atoms with Crippen LogP contribution in [0.2, 0.25) is 0 Å². The van der Waals surface area contributed by atoms with Crippen molar-refractivity contribution in [3.8, 4) is 0 Å². The van der Waals surface area contributed by atoms with E-state index in [1.165, 1.54) is 35.9 Å². The van der Waals surface area contributed by atoms with Crippen LogP contribution in [0.3, 0.4) is 0 Å². The van der Waals surface area contributed by atoms with Gasteiger partial charge in [0.05, 0.1) is 12.2 Å². The Kier molecular flexibility index (Phi) is 5.79. The molecule has 4 aliphatic carbocycles. The van der Waals surface area contributed by atoms with E-state index in [2.05, 4.69) is 21.2 Å². The van der Waals surface area contributed by atoms with Gasteiger partial charge in [0.2, 0.25) is 5.91 Å². The van der Waals surface area contributed by atoms with Gasteiger partial charge in [-0.2, -0.15) is 0 Å². The molecule has 0 aromatic heterocycles. The normalized spacial score (nSPS) is 36.1. The quantitative estimate of drug-likeness (QED) is 0.337. The highest BCUT2D eigenvalue weighted by atomic mass is 79.9. The van der Waals surface area contributed by atoms with E-state index in [-0.39, 0.29) is 34.1 Å². The Morgan fingerprint density at radius 3 is 2.61 bits per heavy atom. The number of alkyl halides is 1. The molecule has 5 aliphatic rings. The molecule has 2 amide bonds. The third-order valence-corrected chi connectivity index (χ3v) is 8.85. The molecule has 0 spiro atoms. The summed E-state index contributed by atoms with van der Waals surface area (Å²) in [6.07, 6.45) is 7.42. The van der Waals surface area contributed by atoms with E-state index in [4.69, 9.17) is 17.0 Å². The lowest BCUT2D eigenvalue weighted by Gasteiger charge is -2.60. The molecule has 5 fully saturated rings. The monoisotopic (exact) mass is 488 g/mol. The van der Waals surface area contributed by atoms with Crippen LogP contribution in [0.15, 0.2) is 0 Å². The van der Waals surface area contributed by atoms with Crippen molar-refractivity contribution in [3.63, 3.8) is 0 Å². The van der Waals surface area contributed by atoms with Crippen LogP contribution in [-0.4, -0.2) is 56.8 Å².